The molecular weight excluding hydrogens is 282 g/mol. The van der Waals surface area contributed by atoms with Gasteiger partial charge in [-0.1, -0.05) is 23.7 Å². The smallest absolute Gasteiger partial charge is 0.354 e. The number of aromatic nitrogens is 2. The van der Waals surface area contributed by atoms with E-state index in [0.717, 1.165) is 5.56 Å². The average molecular weight is 294 g/mol. The highest BCUT2D eigenvalue weighted by Crippen LogP contribution is 2.18. The minimum Gasteiger partial charge on any atom is -0.477 e. The van der Waals surface area contributed by atoms with Crippen LogP contribution in [0.1, 0.15) is 39.5 Å². The molecule has 0 saturated carbocycles. The van der Waals surface area contributed by atoms with Crippen molar-refractivity contribution in [2.75, 3.05) is 0 Å². The predicted molar refractivity (Wildman–Crippen MR) is 72.9 cm³/mol. The van der Waals surface area contributed by atoms with Crippen molar-refractivity contribution in [1.82, 2.24) is 15.3 Å². The van der Waals surface area contributed by atoms with Crippen LogP contribution in [0.25, 0.3) is 0 Å². The normalized spacial score (nSPS) is 11.9. The molecule has 0 aliphatic heterocycles. The van der Waals surface area contributed by atoms with Crippen LogP contribution in [0.5, 0.6) is 0 Å². The number of carbonyl (C=O) groups excluding carboxylic acids is 1. The van der Waals surface area contributed by atoms with Gasteiger partial charge in [0, 0.05) is 5.02 Å². The molecule has 0 radical (unpaired) electrons. The Kier molecular flexibility index (Phi) is 4.05. The van der Waals surface area contributed by atoms with Crippen LogP contribution in [0.15, 0.2) is 30.6 Å². The van der Waals surface area contributed by atoms with Crippen LogP contribution >= 0.6 is 11.6 Å². The van der Waals surface area contributed by atoms with Gasteiger partial charge in [0.05, 0.1) is 12.4 Å². The van der Waals surface area contributed by atoms with Crippen molar-refractivity contribution in [2.45, 2.75) is 13.0 Å². The molecule has 0 bridgehead atoms. The summed E-state index contributed by atoms with van der Waals surface area (Å²) in [4.78, 5) is 29.1. The quantitative estimate of drug-likeness (QED) is 0.805. The monoisotopic (exact) mass is 293 g/mol. The van der Waals surface area contributed by atoms with E-state index in [9.17, 15) is 9.59 Å². The lowest BCUT2D eigenvalue weighted by molar-refractivity contribution is 0.0684. The Balaban J connectivity index is 2.15. The number of carbonyl (C=O) groups is 2. The van der Waals surface area contributed by atoms with Crippen LogP contribution in [0.2, 0.25) is 5.02 Å². The molecule has 6 nitrogen and oxygen atoms in total. The van der Waals surface area contributed by atoms with Gasteiger partial charge in [-0.05, 0) is 24.6 Å². The zero-order chi connectivity index (χ0) is 14.7. The Labute approximate surface area is 119 Å². The van der Waals surface area contributed by atoms with Crippen LogP contribution < -0.4 is 5.32 Å². The number of carboxylic acids is 1. The molecule has 104 valence electrons. The number of hydrogen-bond donors (Lipinski definition) is 3. The molecule has 7 heteroatoms. The van der Waals surface area contributed by atoms with E-state index in [-0.39, 0.29) is 17.4 Å². The number of benzene rings is 1. The average Bonchev–Trinajstić information content (AvgIpc) is 2.88. The van der Waals surface area contributed by atoms with Crippen molar-refractivity contribution < 1.29 is 14.7 Å². The SMILES string of the molecule is CC(NC(=O)c1nc[nH]c1C(=O)O)c1cccc(Cl)c1. The molecule has 0 spiro atoms. The summed E-state index contributed by atoms with van der Waals surface area (Å²) in [5, 5.41) is 12.2. The van der Waals surface area contributed by atoms with Gasteiger partial charge in [0.2, 0.25) is 0 Å². The molecule has 0 fully saturated rings. The molecule has 1 heterocycles. The maximum Gasteiger partial charge on any atom is 0.354 e. The van der Waals surface area contributed by atoms with Crippen molar-refractivity contribution >= 4 is 23.5 Å². The number of H-pyrrole nitrogens is 1. The highest BCUT2D eigenvalue weighted by Gasteiger charge is 2.21. The van der Waals surface area contributed by atoms with Gasteiger partial charge in [-0.3, -0.25) is 4.79 Å². The lowest BCUT2D eigenvalue weighted by Crippen LogP contribution is -2.28. The van der Waals surface area contributed by atoms with Gasteiger partial charge in [-0.2, -0.15) is 0 Å². The van der Waals surface area contributed by atoms with Crippen molar-refractivity contribution in [2.24, 2.45) is 0 Å². The second-order valence-electron chi connectivity index (χ2n) is 4.18. The number of amides is 1. The van der Waals surface area contributed by atoms with Gasteiger partial charge in [-0.15, -0.1) is 0 Å². The number of hydrogen-bond acceptors (Lipinski definition) is 3. The Morgan fingerprint density at radius 2 is 2.20 bits per heavy atom. The van der Waals surface area contributed by atoms with Gasteiger partial charge in [0.15, 0.2) is 11.4 Å². The number of aromatic amines is 1. The standard InChI is InChI=1S/C13H12ClN3O3/c1-7(8-3-2-4-9(14)5-8)17-12(18)10-11(13(19)20)16-6-15-10/h2-7H,1H3,(H,15,16)(H,17,18)(H,19,20). The van der Waals surface area contributed by atoms with Gasteiger partial charge >= 0.3 is 5.97 Å². The van der Waals surface area contributed by atoms with Gasteiger partial charge in [0.25, 0.3) is 5.91 Å². The van der Waals surface area contributed by atoms with E-state index >= 15 is 0 Å². The third-order valence-corrected chi connectivity index (χ3v) is 3.00. The van der Waals surface area contributed by atoms with Gasteiger partial charge in [-0.25, -0.2) is 9.78 Å². The van der Waals surface area contributed by atoms with Crippen molar-refractivity contribution in [3.63, 3.8) is 0 Å². The largest absolute Gasteiger partial charge is 0.477 e. The Morgan fingerprint density at radius 1 is 1.45 bits per heavy atom. The molecule has 1 amide bonds. The Morgan fingerprint density at radius 3 is 2.85 bits per heavy atom. The summed E-state index contributed by atoms with van der Waals surface area (Å²) >= 11 is 5.88. The van der Waals surface area contributed by atoms with Crippen molar-refractivity contribution in [1.29, 1.82) is 0 Å². The van der Waals surface area contributed by atoms with E-state index in [1.807, 2.05) is 6.07 Å². The number of carboxylic acid groups (broad SMARTS) is 1. The van der Waals surface area contributed by atoms with E-state index in [4.69, 9.17) is 16.7 Å². The lowest BCUT2D eigenvalue weighted by atomic mass is 10.1. The summed E-state index contributed by atoms with van der Waals surface area (Å²) in [5.74, 6) is -1.79. The number of rotatable bonds is 4. The minimum atomic E-state index is -1.23. The Bertz CT molecular complexity index is 654. The van der Waals surface area contributed by atoms with E-state index < -0.39 is 11.9 Å². The second-order valence-corrected chi connectivity index (χ2v) is 4.62. The van der Waals surface area contributed by atoms with Crippen LogP contribution in [-0.2, 0) is 0 Å². The van der Waals surface area contributed by atoms with E-state index in [1.165, 1.54) is 6.33 Å². The highest BCUT2D eigenvalue weighted by atomic mass is 35.5. The summed E-state index contributed by atoms with van der Waals surface area (Å²) in [6.07, 6.45) is 1.17. The highest BCUT2D eigenvalue weighted by molar-refractivity contribution is 6.30. The number of nitrogens with one attached hydrogen (secondary N) is 2. The third kappa shape index (κ3) is 2.97. The molecule has 2 aromatic rings. The number of halogens is 1. The first-order valence-corrected chi connectivity index (χ1v) is 6.20. The zero-order valence-electron chi connectivity index (χ0n) is 10.6. The summed E-state index contributed by atoms with van der Waals surface area (Å²) in [6.45, 7) is 1.77. The predicted octanol–water partition coefficient (Wildman–Crippen LogP) is 2.25. The molecule has 3 N–H and O–H groups in total. The van der Waals surface area contributed by atoms with Crippen LogP contribution in [0.3, 0.4) is 0 Å². The minimum absolute atomic E-state index is 0.147. The molecule has 20 heavy (non-hydrogen) atoms. The van der Waals surface area contributed by atoms with Gasteiger partial charge in [0.1, 0.15) is 0 Å². The van der Waals surface area contributed by atoms with E-state index in [2.05, 4.69) is 15.3 Å². The fourth-order valence-electron chi connectivity index (χ4n) is 1.75. The molecule has 1 atom stereocenters. The first-order valence-electron chi connectivity index (χ1n) is 5.82. The molecule has 2 rings (SSSR count). The van der Waals surface area contributed by atoms with Crippen LogP contribution in [0, 0.1) is 0 Å². The number of aromatic carboxylic acids is 1. The topological polar surface area (TPSA) is 95.1 Å². The third-order valence-electron chi connectivity index (χ3n) is 2.76. The van der Waals surface area contributed by atoms with E-state index in [0.29, 0.717) is 5.02 Å². The van der Waals surface area contributed by atoms with Crippen molar-refractivity contribution in [3.8, 4) is 0 Å². The summed E-state index contributed by atoms with van der Waals surface area (Å²) in [6, 6.07) is 6.74. The van der Waals surface area contributed by atoms with Crippen LogP contribution in [0.4, 0.5) is 0 Å². The molecule has 0 aliphatic carbocycles. The number of nitrogens with zero attached hydrogens (tertiary/aromatic N) is 1. The van der Waals surface area contributed by atoms with E-state index in [1.54, 1.807) is 25.1 Å². The molecule has 1 aromatic heterocycles. The molecule has 0 aliphatic rings. The fraction of sp³-hybridized carbons (Fsp3) is 0.154. The first kappa shape index (κ1) is 14.1. The Hall–Kier alpha value is -2.34. The van der Waals surface area contributed by atoms with Crippen LogP contribution in [-0.4, -0.2) is 27.0 Å². The molecule has 1 aromatic carbocycles. The fourth-order valence-corrected chi connectivity index (χ4v) is 1.95. The maximum absolute atomic E-state index is 12.0. The summed E-state index contributed by atoms with van der Waals surface area (Å²) in [7, 11) is 0. The maximum atomic E-state index is 12.0. The number of imidazole rings is 1. The molecule has 0 saturated heterocycles. The second kappa shape index (κ2) is 5.75. The zero-order valence-corrected chi connectivity index (χ0v) is 11.3. The first-order chi connectivity index (χ1) is 9.49. The summed E-state index contributed by atoms with van der Waals surface area (Å²) in [5.41, 5.74) is 0.436. The molecule has 1 unspecified atom stereocenters. The lowest BCUT2D eigenvalue weighted by Gasteiger charge is -2.14. The molecular formula is C13H12ClN3O3. The van der Waals surface area contributed by atoms with Gasteiger partial charge < -0.3 is 15.4 Å². The summed E-state index contributed by atoms with van der Waals surface area (Å²) < 4.78 is 0. The van der Waals surface area contributed by atoms with Crippen molar-refractivity contribution in [3.05, 3.63) is 52.6 Å².